The third-order valence-corrected chi connectivity index (χ3v) is 5.35. The SMILES string of the molecule is CC12CCC(C1)C(C)(C)C2(C)N. The standard InChI is InChI=1S/C11H21N/c1-9(2)8-5-6-10(3,7-8)11(9,4)12/h8H,5-7,12H2,1-4H3. The summed E-state index contributed by atoms with van der Waals surface area (Å²) >= 11 is 0. The Balaban J connectivity index is 2.46. The number of hydrogen-bond donors (Lipinski definition) is 1. The van der Waals surface area contributed by atoms with Crippen molar-refractivity contribution in [3.8, 4) is 0 Å². The lowest BCUT2D eigenvalue weighted by Crippen LogP contribution is -2.58. The van der Waals surface area contributed by atoms with Crippen LogP contribution in [-0.4, -0.2) is 5.54 Å². The van der Waals surface area contributed by atoms with Crippen LogP contribution in [0.4, 0.5) is 0 Å². The van der Waals surface area contributed by atoms with Crippen LogP contribution < -0.4 is 5.73 Å². The molecule has 3 unspecified atom stereocenters. The Kier molecular flexibility index (Phi) is 1.35. The Morgan fingerprint density at radius 3 is 2.00 bits per heavy atom. The summed E-state index contributed by atoms with van der Waals surface area (Å²) < 4.78 is 0. The zero-order valence-corrected chi connectivity index (χ0v) is 8.78. The molecule has 0 amide bonds. The van der Waals surface area contributed by atoms with Crippen molar-refractivity contribution < 1.29 is 0 Å². The smallest absolute Gasteiger partial charge is 0.0234 e. The van der Waals surface area contributed by atoms with Crippen molar-refractivity contribution in [3.63, 3.8) is 0 Å². The van der Waals surface area contributed by atoms with E-state index >= 15 is 0 Å². The molecule has 1 heteroatoms. The van der Waals surface area contributed by atoms with E-state index in [4.69, 9.17) is 5.73 Å². The Morgan fingerprint density at radius 1 is 1.17 bits per heavy atom. The van der Waals surface area contributed by atoms with E-state index in [-0.39, 0.29) is 5.54 Å². The first-order valence-electron chi connectivity index (χ1n) is 5.10. The lowest BCUT2D eigenvalue weighted by atomic mass is 9.60. The van der Waals surface area contributed by atoms with E-state index in [0.29, 0.717) is 10.8 Å². The lowest BCUT2D eigenvalue weighted by Gasteiger charge is -2.49. The maximum Gasteiger partial charge on any atom is 0.0234 e. The van der Waals surface area contributed by atoms with Crippen molar-refractivity contribution in [3.05, 3.63) is 0 Å². The van der Waals surface area contributed by atoms with Gasteiger partial charge in [-0.1, -0.05) is 20.8 Å². The second kappa shape index (κ2) is 1.89. The second-order valence-electron chi connectivity index (χ2n) is 5.92. The summed E-state index contributed by atoms with van der Waals surface area (Å²) in [4.78, 5) is 0. The predicted octanol–water partition coefficient (Wildman–Crippen LogP) is 2.55. The minimum atomic E-state index is 0.0446. The van der Waals surface area contributed by atoms with Gasteiger partial charge in [-0.15, -0.1) is 0 Å². The van der Waals surface area contributed by atoms with Gasteiger partial charge in [0.05, 0.1) is 0 Å². The zero-order valence-electron chi connectivity index (χ0n) is 8.78. The summed E-state index contributed by atoms with van der Waals surface area (Å²) in [5, 5.41) is 0. The van der Waals surface area contributed by atoms with Crippen molar-refractivity contribution in [1.29, 1.82) is 0 Å². The summed E-state index contributed by atoms with van der Waals surface area (Å²) in [6, 6.07) is 0. The topological polar surface area (TPSA) is 26.0 Å². The zero-order chi connectivity index (χ0) is 9.20. The maximum absolute atomic E-state index is 6.48. The van der Waals surface area contributed by atoms with Crippen LogP contribution in [0.2, 0.25) is 0 Å². The predicted molar refractivity (Wildman–Crippen MR) is 51.8 cm³/mol. The lowest BCUT2D eigenvalue weighted by molar-refractivity contribution is 0.0542. The molecule has 0 spiro atoms. The van der Waals surface area contributed by atoms with Gasteiger partial charge in [0.15, 0.2) is 0 Å². The summed E-state index contributed by atoms with van der Waals surface area (Å²) in [5.41, 5.74) is 7.28. The largest absolute Gasteiger partial charge is 0.324 e. The van der Waals surface area contributed by atoms with Crippen molar-refractivity contribution in [2.75, 3.05) is 0 Å². The monoisotopic (exact) mass is 167 g/mol. The Hall–Kier alpha value is -0.0400. The van der Waals surface area contributed by atoms with Crippen LogP contribution in [0.25, 0.3) is 0 Å². The number of fused-ring (bicyclic) bond motifs is 2. The van der Waals surface area contributed by atoms with E-state index in [1.165, 1.54) is 19.3 Å². The van der Waals surface area contributed by atoms with E-state index in [0.717, 1.165) is 5.92 Å². The molecule has 12 heavy (non-hydrogen) atoms. The van der Waals surface area contributed by atoms with Crippen LogP contribution in [0.1, 0.15) is 47.0 Å². The molecule has 2 aliphatic rings. The van der Waals surface area contributed by atoms with Crippen LogP contribution in [0.3, 0.4) is 0 Å². The van der Waals surface area contributed by atoms with Gasteiger partial charge in [0.1, 0.15) is 0 Å². The van der Waals surface area contributed by atoms with E-state index in [2.05, 4.69) is 27.7 Å². The summed E-state index contributed by atoms with van der Waals surface area (Å²) in [7, 11) is 0. The van der Waals surface area contributed by atoms with Gasteiger partial charge in [0, 0.05) is 5.54 Å². The molecule has 0 aliphatic heterocycles. The molecule has 0 saturated heterocycles. The molecule has 3 atom stereocenters. The van der Waals surface area contributed by atoms with Gasteiger partial charge in [-0.2, -0.15) is 0 Å². The minimum absolute atomic E-state index is 0.0446. The van der Waals surface area contributed by atoms with E-state index in [1.807, 2.05) is 0 Å². The van der Waals surface area contributed by atoms with E-state index in [9.17, 15) is 0 Å². The molecular weight excluding hydrogens is 146 g/mol. The van der Waals surface area contributed by atoms with E-state index in [1.54, 1.807) is 0 Å². The summed E-state index contributed by atoms with van der Waals surface area (Å²) in [5.74, 6) is 0.873. The highest BCUT2D eigenvalue weighted by Crippen LogP contribution is 2.66. The van der Waals surface area contributed by atoms with Gasteiger partial charge in [-0.3, -0.25) is 0 Å². The normalized spacial score (nSPS) is 56.2. The molecule has 2 fully saturated rings. The van der Waals surface area contributed by atoms with Crippen LogP contribution in [-0.2, 0) is 0 Å². The highest BCUT2D eigenvalue weighted by Gasteiger charge is 2.64. The molecule has 1 nitrogen and oxygen atoms in total. The third kappa shape index (κ3) is 0.654. The van der Waals surface area contributed by atoms with Crippen molar-refractivity contribution in [2.24, 2.45) is 22.5 Å². The Labute approximate surface area is 75.7 Å². The molecule has 2 rings (SSSR count). The number of rotatable bonds is 0. The number of nitrogens with two attached hydrogens (primary N) is 1. The van der Waals surface area contributed by atoms with Crippen LogP contribution in [0.5, 0.6) is 0 Å². The first-order valence-corrected chi connectivity index (χ1v) is 5.10. The first kappa shape index (κ1) is 8.55. The van der Waals surface area contributed by atoms with Gasteiger partial charge in [0.2, 0.25) is 0 Å². The molecule has 2 bridgehead atoms. The fourth-order valence-corrected chi connectivity index (χ4v) is 3.53. The molecule has 2 saturated carbocycles. The fourth-order valence-electron chi connectivity index (χ4n) is 3.53. The third-order valence-electron chi connectivity index (χ3n) is 5.35. The number of hydrogen-bond acceptors (Lipinski definition) is 1. The minimum Gasteiger partial charge on any atom is -0.324 e. The molecule has 2 aliphatic carbocycles. The molecule has 70 valence electrons. The molecule has 2 N–H and O–H groups in total. The van der Waals surface area contributed by atoms with Gasteiger partial charge in [-0.25, -0.2) is 0 Å². The highest BCUT2D eigenvalue weighted by atomic mass is 14.9. The molecule has 0 aromatic rings. The Morgan fingerprint density at radius 2 is 1.75 bits per heavy atom. The molecule has 0 aromatic heterocycles. The molecule has 0 aromatic carbocycles. The van der Waals surface area contributed by atoms with Crippen LogP contribution in [0.15, 0.2) is 0 Å². The summed E-state index contributed by atoms with van der Waals surface area (Å²) in [6.07, 6.45) is 4.09. The van der Waals surface area contributed by atoms with Crippen molar-refractivity contribution in [2.45, 2.75) is 52.5 Å². The highest BCUT2D eigenvalue weighted by molar-refractivity contribution is 5.18. The van der Waals surface area contributed by atoms with Crippen LogP contribution >= 0.6 is 0 Å². The average Bonchev–Trinajstić information content (AvgIpc) is 2.36. The average molecular weight is 167 g/mol. The summed E-state index contributed by atoms with van der Waals surface area (Å²) in [6.45, 7) is 9.33. The van der Waals surface area contributed by atoms with Crippen LogP contribution in [0, 0.1) is 16.7 Å². The van der Waals surface area contributed by atoms with Gasteiger partial charge < -0.3 is 5.73 Å². The maximum atomic E-state index is 6.48. The fraction of sp³-hybridized carbons (Fsp3) is 1.00. The van der Waals surface area contributed by atoms with Gasteiger partial charge in [0.25, 0.3) is 0 Å². The van der Waals surface area contributed by atoms with Crippen molar-refractivity contribution in [1.82, 2.24) is 0 Å². The quantitative estimate of drug-likeness (QED) is 0.589. The van der Waals surface area contributed by atoms with Gasteiger partial charge in [-0.05, 0) is 42.9 Å². The molecule has 0 heterocycles. The second-order valence-corrected chi connectivity index (χ2v) is 5.92. The molecular formula is C11H21N. The Bertz CT molecular complexity index is 210. The van der Waals surface area contributed by atoms with Crippen molar-refractivity contribution >= 4 is 0 Å². The first-order chi connectivity index (χ1) is 5.31. The van der Waals surface area contributed by atoms with Gasteiger partial charge >= 0.3 is 0 Å². The van der Waals surface area contributed by atoms with E-state index < -0.39 is 0 Å². The molecule has 0 radical (unpaired) electrons.